The lowest BCUT2D eigenvalue weighted by molar-refractivity contribution is -0.141. The lowest BCUT2D eigenvalue weighted by Crippen LogP contribution is -2.53. The fourth-order valence-electron chi connectivity index (χ4n) is 1.91. The van der Waals surface area contributed by atoms with Crippen molar-refractivity contribution in [2.75, 3.05) is 20.2 Å². The number of esters is 1. The zero-order chi connectivity index (χ0) is 13.8. The Bertz CT molecular complexity index is 317. The van der Waals surface area contributed by atoms with Gasteiger partial charge in [0.2, 0.25) is 5.91 Å². The number of amides is 1. The van der Waals surface area contributed by atoms with Crippen molar-refractivity contribution < 1.29 is 14.3 Å². The van der Waals surface area contributed by atoms with Crippen LogP contribution in [0.25, 0.3) is 0 Å². The van der Waals surface area contributed by atoms with E-state index in [-0.39, 0.29) is 35.7 Å². The summed E-state index contributed by atoms with van der Waals surface area (Å²) >= 11 is 0. The normalized spacial score (nSPS) is 16.8. The number of hydrogen-bond donors (Lipinski definition) is 2. The molecule has 1 aliphatic rings. The lowest BCUT2D eigenvalue weighted by Gasteiger charge is -2.34. The third-order valence-corrected chi connectivity index (χ3v) is 3.58. The highest BCUT2D eigenvalue weighted by Crippen LogP contribution is 2.19. The molecule has 0 aliphatic carbocycles. The van der Waals surface area contributed by atoms with Gasteiger partial charge in [-0.3, -0.25) is 9.59 Å². The molecule has 0 aromatic heterocycles. The third-order valence-electron chi connectivity index (χ3n) is 3.58. The number of rotatable bonds is 6. The first-order valence-electron chi connectivity index (χ1n) is 6.45. The molecule has 1 amide bonds. The zero-order valence-corrected chi connectivity index (χ0v) is 12.9. The molecule has 1 rings (SSSR count). The maximum Gasteiger partial charge on any atom is 0.305 e. The van der Waals surface area contributed by atoms with Crippen LogP contribution < -0.4 is 10.6 Å². The molecule has 19 heavy (non-hydrogen) atoms. The van der Waals surface area contributed by atoms with E-state index in [0.29, 0.717) is 18.8 Å². The number of ether oxygens (including phenoxy) is 1. The van der Waals surface area contributed by atoms with E-state index in [1.54, 1.807) is 0 Å². The molecule has 2 N–H and O–H groups in total. The predicted molar refractivity (Wildman–Crippen MR) is 76.2 cm³/mol. The van der Waals surface area contributed by atoms with Crippen LogP contribution in [0.15, 0.2) is 0 Å². The number of methoxy groups -OCH3 is 1. The van der Waals surface area contributed by atoms with Crippen LogP contribution in [-0.4, -0.2) is 37.6 Å². The molecule has 0 bridgehead atoms. The van der Waals surface area contributed by atoms with Crippen LogP contribution in [0.5, 0.6) is 0 Å². The SMILES string of the molecule is COC(=O)CCC(C)(C)NC(=O)C(C)C1CNC1.Cl. The average Bonchev–Trinajstić information content (AvgIpc) is 2.22. The zero-order valence-electron chi connectivity index (χ0n) is 12.1. The standard InChI is InChI=1S/C13H24N2O3.ClH/c1-9(10-7-14-8-10)12(17)15-13(2,3)6-5-11(16)18-4;/h9-10,14H,5-8H2,1-4H3,(H,15,17);1H. The minimum Gasteiger partial charge on any atom is -0.469 e. The summed E-state index contributed by atoms with van der Waals surface area (Å²) in [5, 5.41) is 6.18. The van der Waals surface area contributed by atoms with Crippen LogP contribution >= 0.6 is 12.4 Å². The summed E-state index contributed by atoms with van der Waals surface area (Å²) in [7, 11) is 1.37. The minimum absolute atomic E-state index is 0. The maximum atomic E-state index is 12.1. The summed E-state index contributed by atoms with van der Waals surface area (Å²) in [4.78, 5) is 23.2. The monoisotopic (exact) mass is 292 g/mol. The molecule has 1 atom stereocenters. The predicted octanol–water partition coefficient (Wildman–Crippen LogP) is 1.11. The number of hydrogen-bond acceptors (Lipinski definition) is 4. The summed E-state index contributed by atoms with van der Waals surface area (Å²) in [6.45, 7) is 7.64. The number of carbonyl (C=O) groups is 2. The van der Waals surface area contributed by atoms with E-state index in [1.807, 2.05) is 20.8 Å². The van der Waals surface area contributed by atoms with Gasteiger partial charge in [0.05, 0.1) is 7.11 Å². The topological polar surface area (TPSA) is 67.4 Å². The Balaban J connectivity index is 0.00000324. The van der Waals surface area contributed by atoms with Gasteiger partial charge in [0, 0.05) is 17.9 Å². The number of carbonyl (C=O) groups excluding carboxylic acids is 2. The van der Waals surface area contributed by atoms with Gasteiger partial charge in [-0.15, -0.1) is 12.4 Å². The summed E-state index contributed by atoms with van der Waals surface area (Å²) in [5.41, 5.74) is -0.378. The van der Waals surface area contributed by atoms with E-state index in [1.165, 1.54) is 7.11 Å². The lowest BCUT2D eigenvalue weighted by atomic mass is 9.87. The van der Waals surface area contributed by atoms with Crippen molar-refractivity contribution >= 4 is 24.3 Å². The first-order valence-corrected chi connectivity index (χ1v) is 6.45. The molecule has 0 radical (unpaired) electrons. The van der Waals surface area contributed by atoms with E-state index < -0.39 is 0 Å². The Morgan fingerprint density at radius 3 is 2.42 bits per heavy atom. The molecule has 6 heteroatoms. The Hall–Kier alpha value is -0.810. The van der Waals surface area contributed by atoms with Gasteiger partial charge >= 0.3 is 5.97 Å². The second-order valence-corrected chi connectivity index (χ2v) is 5.66. The first kappa shape index (κ1) is 18.2. The van der Waals surface area contributed by atoms with Crippen LogP contribution in [0.4, 0.5) is 0 Å². The molecule has 1 fully saturated rings. The molecule has 0 saturated carbocycles. The van der Waals surface area contributed by atoms with E-state index in [2.05, 4.69) is 15.4 Å². The largest absolute Gasteiger partial charge is 0.469 e. The van der Waals surface area contributed by atoms with Crippen LogP contribution in [-0.2, 0) is 14.3 Å². The highest BCUT2D eigenvalue weighted by molar-refractivity contribution is 5.85. The Labute approximate surface area is 121 Å². The van der Waals surface area contributed by atoms with Crippen LogP contribution in [0, 0.1) is 11.8 Å². The summed E-state index contributed by atoms with van der Waals surface area (Å²) < 4.78 is 4.60. The molecule has 112 valence electrons. The van der Waals surface area contributed by atoms with Gasteiger partial charge in [-0.25, -0.2) is 0 Å². The van der Waals surface area contributed by atoms with E-state index in [4.69, 9.17) is 0 Å². The molecule has 1 saturated heterocycles. The molecular formula is C13H25ClN2O3. The maximum absolute atomic E-state index is 12.1. The quantitative estimate of drug-likeness (QED) is 0.720. The second kappa shape index (κ2) is 7.70. The van der Waals surface area contributed by atoms with Crippen molar-refractivity contribution in [2.45, 2.75) is 39.2 Å². The second-order valence-electron chi connectivity index (χ2n) is 5.66. The van der Waals surface area contributed by atoms with Crippen LogP contribution in [0.1, 0.15) is 33.6 Å². The van der Waals surface area contributed by atoms with Crippen molar-refractivity contribution in [3.05, 3.63) is 0 Å². The minimum atomic E-state index is -0.378. The van der Waals surface area contributed by atoms with Crippen molar-refractivity contribution in [1.82, 2.24) is 10.6 Å². The van der Waals surface area contributed by atoms with E-state index in [9.17, 15) is 9.59 Å². The van der Waals surface area contributed by atoms with Crippen LogP contribution in [0.3, 0.4) is 0 Å². The fourth-order valence-corrected chi connectivity index (χ4v) is 1.91. The van der Waals surface area contributed by atoms with Crippen molar-refractivity contribution in [2.24, 2.45) is 11.8 Å². The van der Waals surface area contributed by atoms with Gasteiger partial charge in [-0.1, -0.05) is 6.92 Å². The van der Waals surface area contributed by atoms with Gasteiger partial charge in [0.15, 0.2) is 0 Å². The van der Waals surface area contributed by atoms with Gasteiger partial charge in [-0.05, 0) is 39.3 Å². The summed E-state index contributed by atoms with van der Waals surface area (Å²) in [6.07, 6.45) is 0.907. The Kier molecular flexibility index (Phi) is 7.37. The molecule has 1 aliphatic heterocycles. The Morgan fingerprint density at radius 2 is 2.00 bits per heavy atom. The van der Waals surface area contributed by atoms with Gasteiger partial charge in [0.25, 0.3) is 0 Å². The fraction of sp³-hybridized carbons (Fsp3) is 0.846. The number of halogens is 1. The van der Waals surface area contributed by atoms with Crippen molar-refractivity contribution in [3.8, 4) is 0 Å². The first-order chi connectivity index (χ1) is 8.35. The smallest absolute Gasteiger partial charge is 0.305 e. The molecule has 1 unspecified atom stereocenters. The molecule has 0 aromatic rings. The molecule has 5 nitrogen and oxygen atoms in total. The number of nitrogens with one attached hydrogen (secondary N) is 2. The van der Waals surface area contributed by atoms with Gasteiger partial charge in [-0.2, -0.15) is 0 Å². The molecule has 1 heterocycles. The highest BCUT2D eigenvalue weighted by atomic mass is 35.5. The average molecular weight is 293 g/mol. The molecule has 0 aromatic carbocycles. The van der Waals surface area contributed by atoms with E-state index in [0.717, 1.165) is 13.1 Å². The van der Waals surface area contributed by atoms with Crippen molar-refractivity contribution in [1.29, 1.82) is 0 Å². The highest BCUT2D eigenvalue weighted by Gasteiger charge is 2.31. The van der Waals surface area contributed by atoms with Gasteiger partial charge in [0.1, 0.15) is 0 Å². The van der Waals surface area contributed by atoms with E-state index >= 15 is 0 Å². The summed E-state index contributed by atoms with van der Waals surface area (Å²) in [6, 6.07) is 0. The van der Waals surface area contributed by atoms with Crippen LogP contribution in [0.2, 0.25) is 0 Å². The van der Waals surface area contributed by atoms with Gasteiger partial charge < -0.3 is 15.4 Å². The van der Waals surface area contributed by atoms with Crippen molar-refractivity contribution in [3.63, 3.8) is 0 Å². The Morgan fingerprint density at radius 1 is 1.42 bits per heavy atom. The molecule has 0 spiro atoms. The summed E-state index contributed by atoms with van der Waals surface area (Å²) in [5.74, 6) is 0.273. The third kappa shape index (κ3) is 5.78. The molecular weight excluding hydrogens is 268 g/mol.